The quantitative estimate of drug-likeness (QED) is 0.774. The number of hydrogen-bond acceptors (Lipinski definition) is 3. The first-order valence-corrected chi connectivity index (χ1v) is 7.00. The van der Waals surface area contributed by atoms with E-state index in [0.29, 0.717) is 5.82 Å². The first-order chi connectivity index (χ1) is 10.1. The minimum Gasteiger partial charge on any atom is -0.385 e. The van der Waals surface area contributed by atoms with Gasteiger partial charge in [0.25, 0.3) is 0 Å². The van der Waals surface area contributed by atoms with E-state index >= 15 is 0 Å². The number of nitrogens with one attached hydrogen (secondary N) is 1. The van der Waals surface area contributed by atoms with Crippen LogP contribution in [-0.4, -0.2) is 29.2 Å². The van der Waals surface area contributed by atoms with Crippen LogP contribution in [0.5, 0.6) is 0 Å². The molecular weight excluding hydrogens is 262 g/mol. The second-order valence-corrected chi connectivity index (χ2v) is 5.44. The molecule has 1 heterocycles. The van der Waals surface area contributed by atoms with Gasteiger partial charge in [0, 0.05) is 25.3 Å². The summed E-state index contributed by atoms with van der Waals surface area (Å²) in [5.74, 6) is 0.600. The fourth-order valence-corrected chi connectivity index (χ4v) is 2.50. The average Bonchev–Trinajstić information content (AvgIpc) is 2.90. The second kappa shape index (κ2) is 5.22. The number of aromatic amines is 1. The lowest BCUT2D eigenvalue weighted by atomic mass is 10.0. The number of rotatable bonds is 3. The molecule has 0 saturated heterocycles. The van der Waals surface area contributed by atoms with Crippen molar-refractivity contribution in [1.82, 2.24) is 9.97 Å². The molecule has 3 aromatic rings. The maximum Gasteiger partial charge on any atom is 0.135 e. The Morgan fingerprint density at radius 3 is 2.62 bits per heavy atom. The number of imidazole rings is 1. The normalized spacial score (nSPS) is 12.6. The maximum atomic E-state index is 9.63. The summed E-state index contributed by atoms with van der Waals surface area (Å²) >= 11 is 0. The van der Waals surface area contributed by atoms with E-state index in [-0.39, 0.29) is 0 Å². The summed E-state index contributed by atoms with van der Waals surface area (Å²) in [5.41, 5.74) is 5.30. The third-order valence-electron chi connectivity index (χ3n) is 3.59. The highest BCUT2D eigenvalue weighted by atomic mass is 16.3. The van der Waals surface area contributed by atoms with E-state index in [1.165, 1.54) is 11.3 Å². The molecule has 0 aliphatic heterocycles. The smallest absolute Gasteiger partial charge is 0.135 e. The number of aliphatic hydroxyl groups is 1. The maximum absolute atomic E-state index is 9.63. The highest BCUT2D eigenvalue weighted by Gasteiger charge is 2.10. The van der Waals surface area contributed by atoms with Gasteiger partial charge in [0.1, 0.15) is 11.9 Å². The van der Waals surface area contributed by atoms with E-state index < -0.39 is 6.10 Å². The van der Waals surface area contributed by atoms with Crippen molar-refractivity contribution in [3.8, 4) is 11.1 Å². The molecule has 0 bridgehead atoms. The van der Waals surface area contributed by atoms with Crippen molar-refractivity contribution in [2.75, 3.05) is 19.0 Å². The van der Waals surface area contributed by atoms with Gasteiger partial charge in [-0.25, -0.2) is 4.98 Å². The van der Waals surface area contributed by atoms with Crippen molar-refractivity contribution in [1.29, 1.82) is 0 Å². The number of benzene rings is 2. The largest absolute Gasteiger partial charge is 0.385 e. The molecule has 0 radical (unpaired) electrons. The lowest BCUT2D eigenvalue weighted by molar-refractivity contribution is 0.190. The summed E-state index contributed by atoms with van der Waals surface area (Å²) in [4.78, 5) is 9.67. The van der Waals surface area contributed by atoms with Gasteiger partial charge in [-0.3, -0.25) is 0 Å². The van der Waals surface area contributed by atoms with Crippen LogP contribution in [0.4, 0.5) is 5.69 Å². The van der Waals surface area contributed by atoms with E-state index in [0.717, 1.165) is 16.6 Å². The zero-order valence-electron chi connectivity index (χ0n) is 12.5. The fourth-order valence-electron chi connectivity index (χ4n) is 2.50. The van der Waals surface area contributed by atoms with Crippen molar-refractivity contribution in [2.24, 2.45) is 0 Å². The highest BCUT2D eigenvalue weighted by Crippen LogP contribution is 2.31. The van der Waals surface area contributed by atoms with Crippen molar-refractivity contribution in [2.45, 2.75) is 13.0 Å². The molecule has 0 saturated carbocycles. The first-order valence-electron chi connectivity index (χ1n) is 7.00. The minimum absolute atomic E-state index is 0.588. The SMILES string of the molecule is C[C@H](O)c1nc2ccc(-c3ccccc3N(C)C)cc2[nH]1. The summed E-state index contributed by atoms with van der Waals surface area (Å²) in [5, 5.41) is 9.63. The lowest BCUT2D eigenvalue weighted by Gasteiger charge is -2.17. The number of para-hydroxylation sites is 1. The van der Waals surface area contributed by atoms with Gasteiger partial charge in [-0.05, 0) is 30.7 Å². The average molecular weight is 281 g/mol. The summed E-state index contributed by atoms with van der Waals surface area (Å²) < 4.78 is 0. The molecule has 1 atom stereocenters. The highest BCUT2D eigenvalue weighted by molar-refractivity contribution is 5.86. The third kappa shape index (κ3) is 2.50. The van der Waals surface area contributed by atoms with Crippen LogP contribution in [0.15, 0.2) is 42.5 Å². The van der Waals surface area contributed by atoms with Crippen molar-refractivity contribution >= 4 is 16.7 Å². The molecule has 4 nitrogen and oxygen atoms in total. The Labute approximate surface area is 124 Å². The molecule has 0 unspecified atom stereocenters. The fraction of sp³-hybridized carbons (Fsp3) is 0.235. The van der Waals surface area contributed by atoms with Gasteiger partial charge in [-0.2, -0.15) is 0 Å². The minimum atomic E-state index is -0.588. The summed E-state index contributed by atoms with van der Waals surface area (Å²) in [7, 11) is 4.08. The van der Waals surface area contributed by atoms with Crippen LogP contribution in [0, 0.1) is 0 Å². The first kappa shape index (κ1) is 13.6. The van der Waals surface area contributed by atoms with E-state index in [4.69, 9.17) is 0 Å². The van der Waals surface area contributed by atoms with Gasteiger partial charge in [-0.1, -0.05) is 24.3 Å². The summed E-state index contributed by atoms with van der Waals surface area (Å²) in [6.45, 7) is 1.71. The molecule has 1 aromatic heterocycles. The molecule has 0 fully saturated rings. The monoisotopic (exact) mass is 281 g/mol. The van der Waals surface area contributed by atoms with Gasteiger partial charge >= 0.3 is 0 Å². The van der Waals surface area contributed by atoms with Crippen molar-refractivity contribution < 1.29 is 5.11 Å². The molecule has 2 aromatic carbocycles. The van der Waals surface area contributed by atoms with Crippen LogP contribution < -0.4 is 4.90 Å². The van der Waals surface area contributed by atoms with Crippen LogP contribution in [0.2, 0.25) is 0 Å². The molecule has 3 rings (SSSR count). The molecule has 0 aliphatic carbocycles. The zero-order valence-corrected chi connectivity index (χ0v) is 12.5. The number of hydrogen-bond donors (Lipinski definition) is 2. The number of nitrogens with zero attached hydrogens (tertiary/aromatic N) is 2. The number of anilines is 1. The molecule has 0 amide bonds. The Morgan fingerprint density at radius 1 is 1.14 bits per heavy atom. The molecule has 21 heavy (non-hydrogen) atoms. The van der Waals surface area contributed by atoms with Gasteiger partial charge in [-0.15, -0.1) is 0 Å². The predicted octanol–water partition coefficient (Wildman–Crippen LogP) is 3.35. The van der Waals surface area contributed by atoms with Crippen LogP contribution in [0.25, 0.3) is 22.2 Å². The lowest BCUT2D eigenvalue weighted by Crippen LogP contribution is -2.09. The zero-order chi connectivity index (χ0) is 15.0. The number of H-pyrrole nitrogens is 1. The Bertz CT molecular complexity index is 775. The van der Waals surface area contributed by atoms with Gasteiger partial charge in [0.2, 0.25) is 0 Å². The van der Waals surface area contributed by atoms with Crippen molar-refractivity contribution in [3.63, 3.8) is 0 Å². The molecule has 2 N–H and O–H groups in total. The van der Waals surface area contributed by atoms with Crippen molar-refractivity contribution in [3.05, 3.63) is 48.3 Å². The Balaban J connectivity index is 2.13. The number of fused-ring (bicyclic) bond motifs is 1. The van der Waals surface area contributed by atoms with Gasteiger partial charge in [0.15, 0.2) is 0 Å². The van der Waals surface area contributed by atoms with Crippen LogP contribution in [0.1, 0.15) is 18.9 Å². The topological polar surface area (TPSA) is 52.2 Å². The molecule has 0 aliphatic rings. The Kier molecular flexibility index (Phi) is 3.39. The summed E-state index contributed by atoms with van der Waals surface area (Å²) in [6, 6.07) is 14.4. The molecule has 4 heteroatoms. The Hall–Kier alpha value is -2.33. The van der Waals surface area contributed by atoms with E-state index in [9.17, 15) is 5.11 Å². The number of aromatic nitrogens is 2. The van der Waals surface area contributed by atoms with Crippen LogP contribution in [-0.2, 0) is 0 Å². The van der Waals surface area contributed by atoms with E-state index in [1.807, 2.05) is 32.3 Å². The molecular formula is C17H19N3O. The predicted molar refractivity (Wildman–Crippen MR) is 86.5 cm³/mol. The second-order valence-electron chi connectivity index (χ2n) is 5.44. The Morgan fingerprint density at radius 2 is 1.90 bits per heavy atom. The number of aliphatic hydroxyl groups excluding tert-OH is 1. The molecule has 108 valence electrons. The van der Waals surface area contributed by atoms with Crippen LogP contribution >= 0.6 is 0 Å². The van der Waals surface area contributed by atoms with Gasteiger partial charge < -0.3 is 15.0 Å². The standard InChI is InChI=1S/C17H19N3O/c1-11(21)17-18-14-9-8-12(10-15(14)19-17)13-6-4-5-7-16(13)20(2)3/h4-11,21H,1-3H3,(H,18,19)/t11-/m0/s1. The van der Waals surface area contributed by atoms with Crippen LogP contribution in [0.3, 0.4) is 0 Å². The van der Waals surface area contributed by atoms with E-state index in [2.05, 4.69) is 39.1 Å². The van der Waals surface area contributed by atoms with E-state index in [1.54, 1.807) is 6.92 Å². The molecule has 0 spiro atoms. The third-order valence-corrected chi connectivity index (χ3v) is 3.59. The van der Waals surface area contributed by atoms with Gasteiger partial charge in [0.05, 0.1) is 11.0 Å². The summed E-state index contributed by atoms with van der Waals surface area (Å²) in [6.07, 6.45) is -0.588.